The maximum absolute atomic E-state index is 13.8. The Morgan fingerprint density at radius 1 is 1.05 bits per heavy atom. The molecule has 1 aromatic heterocycles. The van der Waals surface area contributed by atoms with Crippen LogP contribution in [0.2, 0.25) is 0 Å². The first-order valence-electron chi connectivity index (χ1n) is 12.3. The standard InChI is InChI=1S/C29H30BrN5OS/c1-17-7-5-8-21(14-17)16-37-29-33-28-31-20(4)25(27(36)32-24-12-11-18(2)13-19(24)3)26(35(28)34-29)22-9-6-10-23(30)15-22/h5-15,20,25-26H,16H2,1-4H3,(H,32,36)(H,31,33,34)/t20-,25-,26+/m1/s1. The molecule has 0 saturated heterocycles. The lowest BCUT2D eigenvalue weighted by Crippen LogP contribution is -2.46. The third-order valence-corrected chi connectivity index (χ3v) is 8.10. The molecule has 0 saturated carbocycles. The molecule has 4 aromatic rings. The van der Waals surface area contributed by atoms with Crippen LogP contribution in [0.4, 0.5) is 11.6 Å². The fraction of sp³-hybridized carbons (Fsp3) is 0.276. The van der Waals surface area contributed by atoms with Crippen LogP contribution in [-0.2, 0) is 10.5 Å². The number of anilines is 2. The van der Waals surface area contributed by atoms with E-state index in [9.17, 15) is 4.79 Å². The summed E-state index contributed by atoms with van der Waals surface area (Å²) in [6.07, 6.45) is 0. The second-order valence-corrected chi connectivity index (χ2v) is 11.6. The molecular weight excluding hydrogens is 546 g/mol. The van der Waals surface area contributed by atoms with Crippen LogP contribution in [0.15, 0.2) is 76.4 Å². The molecule has 0 radical (unpaired) electrons. The number of nitrogens with one attached hydrogen (secondary N) is 2. The van der Waals surface area contributed by atoms with E-state index in [1.807, 2.05) is 42.8 Å². The molecule has 37 heavy (non-hydrogen) atoms. The van der Waals surface area contributed by atoms with Crippen LogP contribution < -0.4 is 10.6 Å². The Morgan fingerprint density at radius 3 is 2.59 bits per heavy atom. The first kappa shape index (κ1) is 25.5. The summed E-state index contributed by atoms with van der Waals surface area (Å²) in [6, 6.07) is 22.2. The van der Waals surface area contributed by atoms with Gasteiger partial charge >= 0.3 is 0 Å². The number of hydrogen-bond donors (Lipinski definition) is 2. The lowest BCUT2D eigenvalue weighted by Gasteiger charge is -2.37. The molecule has 8 heteroatoms. The summed E-state index contributed by atoms with van der Waals surface area (Å²) < 4.78 is 2.84. The van der Waals surface area contributed by atoms with Crippen LogP contribution in [0.5, 0.6) is 0 Å². The Hall–Kier alpha value is -3.10. The van der Waals surface area contributed by atoms with Gasteiger partial charge in [-0.25, -0.2) is 4.68 Å². The number of nitrogens with zero attached hydrogens (tertiary/aromatic N) is 3. The van der Waals surface area contributed by atoms with E-state index in [1.165, 1.54) is 11.1 Å². The maximum atomic E-state index is 13.8. The zero-order valence-electron chi connectivity index (χ0n) is 21.3. The highest BCUT2D eigenvalue weighted by atomic mass is 79.9. The Kier molecular flexibility index (Phi) is 7.40. The molecule has 6 nitrogen and oxygen atoms in total. The van der Waals surface area contributed by atoms with E-state index in [1.54, 1.807) is 11.8 Å². The van der Waals surface area contributed by atoms with Crippen molar-refractivity contribution in [2.75, 3.05) is 10.6 Å². The number of hydrogen-bond acceptors (Lipinski definition) is 5. The van der Waals surface area contributed by atoms with Gasteiger partial charge in [0.15, 0.2) is 0 Å². The Bertz CT molecular complexity index is 1450. The molecule has 0 fully saturated rings. The van der Waals surface area contributed by atoms with Gasteiger partial charge in [0, 0.05) is 22.0 Å². The van der Waals surface area contributed by atoms with Crippen molar-refractivity contribution < 1.29 is 4.79 Å². The number of aryl methyl sites for hydroxylation is 3. The minimum Gasteiger partial charge on any atom is -0.351 e. The summed E-state index contributed by atoms with van der Waals surface area (Å²) in [4.78, 5) is 18.6. The molecule has 5 rings (SSSR count). The van der Waals surface area contributed by atoms with Crippen molar-refractivity contribution in [2.45, 2.75) is 50.7 Å². The van der Waals surface area contributed by atoms with Crippen molar-refractivity contribution in [3.8, 4) is 0 Å². The van der Waals surface area contributed by atoms with E-state index in [0.29, 0.717) is 11.1 Å². The van der Waals surface area contributed by atoms with Crippen LogP contribution in [0.25, 0.3) is 0 Å². The van der Waals surface area contributed by atoms with E-state index in [0.717, 1.165) is 32.6 Å². The summed E-state index contributed by atoms with van der Waals surface area (Å²) >= 11 is 5.21. The Labute approximate surface area is 230 Å². The monoisotopic (exact) mass is 575 g/mol. The third kappa shape index (κ3) is 5.60. The van der Waals surface area contributed by atoms with Gasteiger partial charge in [0.2, 0.25) is 17.0 Å². The quantitative estimate of drug-likeness (QED) is 0.244. The van der Waals surface area contributed by atoms with Crippen molar-refractivity contribution >= 4 is 45.2 Å². The van der Waals surface area contributed by atoms with Crippen molar-refractivity contribution in [1.29, 1.82) is 0 Å². The van der Waals surface area contributed by atoms with Crippen LogP contribution in [0.3, 0.4) is 0 Å². The number of carbonyl (C=O) groups excluding carboxylic acids is 1. The van der Waals surface area contributed by atoms with Gasteiger partial charge in [0.25, 0.3) is 0 Å². The van der Waals surface area contributed by atoms with Crippen molar-refractivity contribution in [1.82, 2.24) is 14.8 Å². The molecular formula is C29H30BrN5OS. The average Bonchev–Trinajstić information content (AvgIpc) is 3.26. The zero-order valence-corrected chi connectivity index (χ0v) is 23.7. The summed E-state index contributed by atoms with van der Waals surface area (Å²) in [6.45, 7) is 8.20. The van der Waals surface area contributed by atoms with Gasteiger partial charge in [-0.2, -0.15) is 4.98 Å². The smallest absolute Gasteiger partial charge is 0.232 e. The van der Waals surface area contributed by atoms with Gasteiger partial charge in [-0.1, -0.05) is 87.3 Å². The molecule has 0 unspecified atom stereocenters. The number of fused-ring (bicyclic) bond motifs is 1. The summed E-state index contributed by atoms with van der Waals surface area (Å²) in [5.74, 6) is 1.00. The molecule has 2 N–H and O–H groups in total. The van der Waals surface area contributed by atoms with E-state index < -0.39 is 5.92 Å². The number of rotatable bonds is 6. The van der Waals surface area contributed by atoms with E-state index in [-0.39, 0.29) is 18.0 Å². The van der Waals surface area contributed by atoms with E-state index in [4.69, 9.17) is 10.1 Å². The van der Waals surface area contributed by atoms with E-state index in [2.05, 4.69) is 82.9 Å². The fourth-order valence-electron chi connectivity index (χ4n) is 4.91. The Morgan fingerprint density at radius 2 is 1.84 bits per heavy atom. The van der Waals surface area contributed by atoms with Crippen LogP contribution in [0, 0.1) is 26.7 Å². The average molecular weight is 577 g/mol. The predicted octanol–water partition coefficient (Wildman–Crippen LogP) is 6.92. The molecule has 1 amide bonds. The number of carbonyl (C=O) groups is 1. The highest BCUT2D eigenvalue weighted by molar-refractivity contribution is 9.10. The van der Waals surface area contributed by atoms with Crippen molar-refractivity contribution in [2.24, 2.45) is 5.92 Å². The SMILES string of the molecule is Cc1cccc(CSc2nc3n(n2)[C@@H](c2cccc(Br)c2)[C@H](C(=O)Nc2ccc(C)cc2C)[C@@H](C)N3)c1. The first-order valence-corrected chi connectivity index (χ1v) is 14.1. The number of benzene rings is 3. The minimum atomic E-state index is -0.404. The second kappa shape index (κ2) is 10.7. The van der Waals surface area contributed by atoms with Crippen LogP contribution in [-0.4, -0.2) is 26.7 Å². The number of aromatic nitrogens is 3. The minimum absolute atomic E-state index is 0.0490. The van der Waals surface area contributed by atoms with Crippen LogP contribution in [0.1, 0.15) is 40.8 Å². The Balaban J connectivity index is 1.48. The van der Waals surface area contributed by atoms with Crippen molar-refractivity contribution in [3.05, 3.63) is 99.0 Å². The molecule has 3 aromatic carbocycles. The first-order chi connectivity index (χ1) is 17.8. The van der Waals surface area contributed by atoms with Crippen molar-refractivity contribution in [3.63, 3.8) is 0 Å². The molecule has 190 valence electrons. The molecule has 2 heterocycles. The lowest BCUT2D eigenvalue weighted by molar-refractivity contribution is -0.121. The molecule has 1 aliphatic heterocycles. The van der Waals surface area contributed by atoms with Gasteiger partial charge in [-0.3, -0.25) is 4.79 Å². The number of halogens is 1. The molecule has 0 spiro atoms. The normalized spacial score (nSPS) is 18.7. The molecule has 1 aliphatic rings. The largest absolute Gasteiger partial charge is 0.351 e. The van der Waals surface area contributed by atoms with Gasteiger partial charge in [-0.05, 0) is 62.6 Å². The second-order valence-electron chi connectivity index (χ2n) is 9.71. The molecule has 0 bridgehead atoms. The fourth-order valence-corrected chi connectivity index (χ4v) is 6.09. The summed E-state index contributed by atoms with van der Waals surface area (Å²) in [5, 5.41) is 12.2. The summed E-state index contributed by atoms with van der Waals surface area (Å²) in [7, 11) is 0. The van der Waals surface area contributed by atoms with Crippen LogP contribution >= 0.6 is 27.7 Å². The van der Waals surface area contributed by atoms with Gasteiger partial charge in [0.05, 0.1) is 12.0 Å². The third-order valence-electron chi connectivity index (χ3n) is 6.69. The maximum Gasteiger partial charge on any atom is 0.232 e. The zero-order chi connectivity index (χ0) is 26.1. The lowest BCUT2D eigenvalue weighted by atomic mass is 9.85. The highest BCUT2D eigenvalue weighted by Gasteiger charge is 2.42. The number of amides is 1. The molecule has 0 aliphatic carbocycles. The van der Waals surface area contributed by atoms with E-state index >= 15 is 0 Å². The number of thioether (sulfide) groups is 1. The van der Waals surface area contributed by atoms with Gasteiger partial charge < -0.3 is 10.6 Å². The van der Waals surface area contributed by atoms with Gasteiger partial charge in [0.1, 0.15) is 0 Å². The van der Waals surface area contributed by atoms with Gasteiger partial charge in [-0.15, -0.1) is 5.10 Å². The summed E-state index contributed by atoms with van der Waals surface area (Å²) in [5.41, 5.74) is 6.50. The predicted molar refractivity (Wildman–Crippen MR) is 154 cm³/mol. The topological polar surface area (TPSA) is 71.8 Å². The highest BCUT2D eigenvalue weighted by Crippen LogP contribution is 2.39. The molecule has 3 atom stereocenters.